The predicted molar refractivity (Wildman–Crippen MR) is 76.5 cm³/mol. The van der Waals surface area contributed by atoms with Crippen LogP contribution < -0.4 is 5.73 Å². The lowest BCUT2D eigenvalue weighted by Crippen LogP contribution is -2.35. The average molecular weight is 264 g/mol. The summed E-state index contributed by atoms with van der Waals surface area (Å²) in [5.41, 5.74) is 6.20. The molecule has 1 aliphatic carbocycles. The van der Waals surface area contributed by atoms with Crippen molar-refractivity contribution in [1.82, 2.24) is 0 Å². The van der Waals surface area contributed by atoms with E-state index in [0.717, 1.165) is 19.3 Å². The highest BCUT2D eigenvalue weighted by molar-refractivity contribution is 5.85. The molecule has 0 heterocycles. The summed E-state index contributed by atoms with van der Waals surface area (Å²) < 4.78 is 0. The van der Waals surface area contributed by atoms with Gasteiger partial charge in [0.2, 0.25) is 0 Å². The second kappa shape index (κ2) is 9.18. The monoisotopic (exact) mass is 263 g/mol. The van der Waals surface area contributed by atoms with E-state index in [1.807, 2.05) is 0 Å². The molecule has 0 aromatic rings. The molecule has 17 heavy (non-hydrogen) atoms. The summed E-state index contributed by atoms with van der Waals surface area (Å²) in [6, 6.07) is 0.225. The molecule has 0 saturated heterocycles. The van der Waals surface area contributed by atoms with E-state index in [-0.39, 0.29) is 24.6 Å². The summed E-state index contributed by atoms with van der Waals surface area (Å²) in [6.45, 7) is 4.40. The Hall–Kier alpha value is 0.210. The van der Waals surface area contributed by atoms with Crippen molar-refractivity contribution in [2.75, 3.05) is 0 Å². The van der Waals surface area contributed by atoms with Crippen molar-refractivity contribution in [3.8, 4) is 0 Å². The van der Waals surface area contributed by atoms with E-state index < -0.39 is 0 Å². The van der Waals surface area contributed by atoms with E-state index in [2.05, 4.69) is 13.8 Å². The van der Waals surface area contributed by atoms with Crippen LogP contribution in [0.4, 0.5) is 0 Å². The van der Waals surface area contributed by atoms with Crippen LogP contribution >= 0.6 is 12.4 Å². The molecule has 0 amide bonds. The van der Waals surface area contributed by atoms with E-state index in [4.69, 9.17) is 5.73 Å². The summed E-state index contributed by atoms with van der Waals surface area (Å²) in [5.74, 6) is 1.35. The Balaban J connectivity index is 0.00000256. The smallest absolute Gasteiger partial charge is 0.0555 e. The SMILES string of the molecule is CC(C)CC[C@H](O)CC(N)C1CCCCC1.Cl. The van der Waals surface area contributed by atoms with Gasteiger partial charge in [-0.2, -0.15) is 0 Å². The van der Waals surface area contributed by atoms with Crippen molar-refractivity contribution in [2.45, 2.75) is 77.4 Å². The fourth-order valence-corrected chi connectivity index (χ4v) is 2.71. The number of hydrogen-bond donors (Lipinski definition) is 2. The van der Waals surface area contributed by atoms with Gasteiger partial charge in [-0.3, -0.25) is 0 Å². The average Bonchev–Trinajstić information content (AvgIpc) is 2.27. The quantitative estimate of drug-likeness (QED) is 0.771. The van der Waals surface area contributed by atoms with Crippen LogP contribution in [0, 0.1) is 11.8 Å². The first-order chi connectivity index (χ1) is 7.59. The van der Waals surface area contributed by atoms with Gasteiger partial charge in [-0.1, -0.05) is 33.1 Å². The first kappa shape index (κ1) is 17.2. The van der Waals surface area contributed by atoms with Crippen LogP contribution in [0.2, 0.25) is 0 Å². The van der Waals surface area contributed by atoms with Crippen LogP contribution in [0.15, 0.2) is 0 Å². The predicted octanol–water partition coefficient (Wildman–Crippen LogP) is 3.50. The lowest BCUT2D eigenvalue weighted by molar-refractivity contribution is 0.123. The Morgan fingerprint density at radius 3 is 2.24 bits per heavy atom. The molecule has 0 aromatic carbocycles. The van der Waals surface area contributed by atoms with Gasteiger partial charge in [0.05, 0.1) is 6.10 Å². The maximum Gasteiger partial charge on any atom is 0.0555 e. The van der Waals surface area contributed by atoms with E-state index in [1.54, 1.807) is 0 Å². The molecule has 2 atom stereocenters. The Morgan fingerprint density at radius 2 is 1.71 bits per heavy atom. The van der Waals surface area contributed by atoms with Crippen molar-refractivity contribution in [3.63, 3.8) is 0 Å². The van der Waals surface area contributed by atoms with E-state index in [0.29, 0.717) is 11.8 Å². The van der Waals surface area contributed by atoms with Crippen LogP contribution in [-0.4, -0.2) is 17.3 Å². The molecule has 0 aliphatic heterocycles. The van der Waals surface area contributed by atoms with E-state index in [9.17, 15) is 5.11 Å². The van der Waals surface area contributed by atoms with Crippen LogP contribution in [0.1, 0.15) is 65.2 Å². The van der Waals surface area contributed by atoms with Crippen molar-refractivity contribution in [3.05, 3.63) is 0 Å². The zero-order chi connectivity index (χ0) is 12.0. The van der Waals surface area contributed by atoms with Crippen molar-refractivity contribution >= 4 is 12.4 Å². The minimum absolute atomic E-state index is 0. The molecule has 1 unspecified atom stereocenters. The Bertz CT molecular complexity index is 181. The standard InChI is InChI=1S/C14H29NO.ClH/c1-11(2)8-9-13(16)10-14(15)12-6-4-3-5-7-12;/h11-14,16H,3-10,15H2,1-2H3;1H/t13-,14?;/m0./s1. The molecule has 0 spiro atoms. The molecule has 1 rings (SSSR count). The number of aliphatic hydroxyl groups excluding tert-OH is 1. The summed E-state index contributed by atoms with van der Waals surface area (Å²) in [5, 5.41) is 9.92. The number of nitrogens with two attached hydrogens (primary N) is 1. The zero-order valence-corrected chi connectivity index (χ0v) is 12.2. The summed E-state index contributed by atoms with van der Waals surface area (Å²) in [4.78, 5) is 0. The molecule has 1 saturated carbocycles. The van der Waals surface area contributed by atoms with Crippen molar-refractivity contribution in [2.24, 2.45) is 17.6 Å². The second-order valence-electron chi connectivity index (χ2n) is 5.92. The minimum Gasteiger partial charge on any atom is -0.393 e. The highest BCUT2D eigenvalue weighted by atomic mass is 35.5. The number of halogens is 1. The van der Waals surface area contributed by atoms with Gasteiger partial charge in [0.15, 0.2) is 0 Å². The molecule has 3 heteroatoms. The third kappa shape index (κ3) is 7.28. The van der Waals surface area contributed by atoms with Gasteiger partial charge in [0.25, 0.3) is 0 Å². The van der Waals surface area contributed by atoms with Crippen LogP contribution in [0.5, 0.6) is 0 Å². The number of hydrogen-bond acceptors (Lipinski definition) is 2. The van der Waals surface area contributed by atoms with Crippen molar-refractivity contribution < 1.29 is 5.11 Å². The van der Waals surface area contributed by atoms with Crippen LogP contribution in [0.3, 0.4) is 0 Å². The van der Waals surface area contributed by atoms with Gasteiger partial charge in [-0.05, 0) is 43.9 Å². The second-order valence-corrected chi connectivity index (χ2v) is 5.92. The molecule has 3 N–H and O–H groups in total. The minimum atomic E-state index is -0.181. The zero-order valence-electron chi connectivity index (χ0n) is 11.4. The Morgan fingerprint density at radius 1 is 1.12 bits per heavy atom. The normalized spacial score (nSPS) is 21.0. The van der Waals surface area contributed by atoms with Gasteiger partial charge in [-0.15, -0.1) is 12.4 Å². The third-order valence-corrected chi connectivity index (χ3v) is 3.88. The fraction of sp³-hybridized carbons (Fsp3) is 1.00. The third-order valence-electron chi connectivity index (χ3n) is 3.88. The topological polar surface area (TPSA) is 46.2 Å². The Labute approximate surface area is 113 Å². The number of rotatable bonds is 6. The van der Waals surface area contributed by atoms with E-state index in [1.165, 1.54) is 32.1 Å². The molecular weight excluding hydrogens is 234 g/mol. The number of aliphatic hydroxyl groups is 1. The van der Waals surface area contributed by atoms with Gasteiger partial charge in [-0.25, -0.2) is 0 Å². The first-order valence-corrected chi connectivity index (χ1v) is 7.03. The molecule has 1 fully saturated rings. The molecular formula is C14H30ClNO. The summed E-state index contributed by atoms with van der Waals surface area (Å²) in [7, 11) is 0. The van der Waals surface area contributed by atoms with Crippen molar-refractivity contribution in [1.29, 1.82) is 0 Å². The maximum absolute atomic E-state index is 9.92. The molecule has 0 aromatic heterocycles. The van der Waals surface area contributed by atoms with Gasteiger partial charge < -0.3 is 10.8 Å². The highest BCUT2D eigenvalue weighted by Crippen LogP contribution is 2.27. The van der Waals surface area contributed by atoms with E-state index >= 15 is 0 Å². The maximum atomic E-state index is 9.92. The lowest BCUT2D eigenvalue weighted by Gasteiger charge is -2.29. The van der Waals surface area contributed by atoms with Gasteiger partial charge in [0, 0.05) is 6.04 Å². The summed E-state index contributed by atoms with van der Waals surface area (Å²) in [6.07, 6.45) is 9.24. The van der Waals surface area contributed by atoms with Gasteiger partial charge >= 0.3 is 0 Å². The van der Waals surface area contributed by atoms with Gasteiger partial charge in [0.1, 0.15) is 0 Å². The molecule has 1 aliphatic rings. The molecule has 2 nitrogen and oxygen atoms in total. The highest BCUT2D eigenvalue weighted by Gasteiger charge is 2.22. The first-order valence-electron chi connectivity index (χ1n) is 7.03. The summed E-state index contributed by atoms with van der Waals surface area (Å²) >= 11 is 0. The van der Waals surface area contributed by atoms with Crippen LogP contribution in [-0.2, 0) is 0 Å². The van der Waals surface area contributed by atoms with Crippen LogP contribution in [0.25, 0.3) is 0 Å². The Kier molecular flexibility index (Phi) is 9.29. The fourth-order valence-electron chi connectivity index (χ4n) is 2.71. The lowest BCUT2D eigenvalue weighted by atomic mass is 9.82. The molecule has 0 radical (unpaired) electrons. The largest absolute Gasteiger partial charge is 0.393 e. The molecule has 0 bridgehead atoms. The molecule has 104 valence electrons.